The normalized spacial score (nSPS) is 13.4. The number of allylic oxidation sites excluding steroid dienone is 3. The van der Waals surface area contributed by atoms with Gasteiger partial charge in [0, 0.05) is 43.9 Å². The molecule has 6 nitrogen and oxygen atoms in total. The van der Waals surface area contributed by atoms with E-state index in [0.717, 1.165) is 24.3 Å². The number of rotatable bonds is 8. The number of carbonyl (C=O) groups excluding carboxylic acids is 1. The molecular formula is C25H34ClFN4O2. The van der Waals surface area contributed by atoms with Crippen molar-refractivity contribution in [2.45, 2.75) is 40.5 Å². The van der Waals surface area contributed by atoms with Crippen molar-refractivity contribution in [1.82, 2.24) is 0 Å². The molecule has 0 fully saturated rings. The largest absolute Gasteiger partial charge is 0.376 e. The van der Waals surface area contributed by atoms with E-state index >= 15 is 0 Å². The molecule has 0 unspecified atom stereocenters. The third-order valence-corrected chi connectivity index (χ3v) is 4.10. The van der Waals surface area contributed by atoms with Gasteiger partial charge in [-0.25, -0.2) is 14.4 Å². The third-order valence-electron chi connectivity index (χ3n) is 3.79. The summed E-state index contributed by atoms with van der Waals surface area (Å²) in [5, 5.41) is 5.37. The zero-order valence-corrected chi connectivity index (χ0v) is 20.8. The molecule has 0 saturated heterocycles. The number of hydrogen-bond donors (Lipinski definition) is 0. The van der Waals surface area contributed by atoms with Gasteiger partial charge in [0.25, 0.3) is 0 Å². The van der Waals surface area contributed by atoms with Crippen LogP contribution < -0.4 is 5.01 Å². The van der Waals surface area contributed by atoms with Gasteiger partial charge in [-0.1, -0.05) is 43.7 Å². The summed E-state index contributed by atoms with van der Waals surface area (Å²) in [5.74, 6) is 0.251. The van der Waals surface area contributed by atoms with Crippen LogP contribution in [0.5, 0.6) is 0 Å². The van der Waals surface area contributed by atoms with E-state index in [0.29, 0.717) is 25.2 Å². The average Bonchev–Trinajstić information content (AvgIpc) is 2.86. The molecule has 180 valence electrons. The van der Waals surface area contributed by atoms with Gasteiger partial charge < -0.3 is 4.74 Å². The Hall–Kier alpha value is -2.90. The fraction of sp³-hybridized carbons (Fsp3) is 0.360. The maximum absolute atomic E-state index is 13.2. The Balaban J connectivity index is 0.000000578. The number of halogens is 2. The summed E-state index contributed by atoms with van der Waals surface area (Å²) in [4.78, 5) is 18.6. The number of ether oxygens (including phenoxy) is 1. The zero-order valence-electron chi connectivity index (χ0n) is 20.0. The molecule has 1 aromatic carbocycles. The lowest BCUT2D eigenvalue weighted by Gasteiger charge is -2.13. The zero-order chi connectivity index (χ0) is 24.9. The van der Waals surface area contributed by atoms with Gasteiger partial charge in [0.1, 0.15) is 12.1 Å². The molecule has 0 amide bonds. The summed E-state index contributed by atoms with van der Waals surface area (Å²) in [6, 6.07) is 4.27. The lowest BCUT2D eigenvalue weighted by Crippen LogP contribution is -2.07. The molecule has 0 radical (unpaired) electrons. The SMILES string of the molecule is C/C=N/N(/C=C\C=O)c1ccc(Cl)c(F)c1.CC.CCOCC=NC(=NC)C1=CCCC=C1. The predicted molar refractivity (Wildman–Crippen MR) is 139 cm³/mol. The first kappa shape index (κ1) is 30.1. The summed E-state index contributed by atoms with van der Waals surface area (Å²) in [6.07, 6.45) is 15.2. The fourth-order valence-corrected chi connectivity index (χ4v) is 2.51. The molecule has 0 bridgehead atoms. The van der Waals surface area contributed by atoms with E-state index < -0.39 is 5.82 Å². The molecule has 0 heterocycles. The Labute approximate surface area is 201 Å². The lowest BCUT2D eigenvalue weighted by atomic mass is 10.1. The number of aliphatic imine (C=N–C) groups is 2. The van der Waals surface area contributed by atoms with Crippen LogP contribution in [0.15, 0.2) is 69.4 Å². The minimum absolute atomic E-state index is 0.0449. The van der Waals surface area contributed by atoms with Crippen molar-refractivity contribution in [2.24, 2.45) is 15.1 Å². The summed E-state index contributed by atoms with van der Waals surface area (Å²) in [7, 11) is 1.76. The van der Waals surface area contributed by atoms with Crippen molar-refractivity contribution in [1.29, 1.82) is 0 Å². The number of nitrogens with zero attached hydrogens (tertiary/aromatic N) is 4. The van der Waals surface area contributed by atoms with Gasteiger partial charge in [-0.15, -0.1) is 0 Å². The molecule has 33 heavy (non-hydrogen) atoms. The molecule has 2 rings (SSSR count). The minimum atomic E-state index is -0.532. The molecule has 0 aliphatic heterocycles. The van der Waals surface area contributed by atoms with Crippen LogP contribution in [-0.4, -0.2) is 44.8 Å². The second kappa shape index (κ2) is 19.8. The first-order valence-corrected chi connectivity index (χ1v) is 11.2. The number of anilines is 1. The van der Waals surface area contributed by atoms with Crippen LogP contribution in [0, 0.1) is 5.82 Å². The molecule has 1 aromatic rings. The first-order chi connectivity index (χ1) is 16.1. The Kier molecular flexibility index (Phi) is 18.0. The molecule has 0 spiro atoms. The van der Waals surface area contributed by atoms with E-state index in [-0.39, 0.29) is 5.02 Å². The van der Waals surface area contributed by atoms with Crippen molar-refractivity contribution in [3.63, 3.8) is 0 Å². The number of carbonyl (C=O) groups is 1. The van der Waals surface area contributed by atoms with E-state index in [1.807, 2.05) is 20.8 Å². The minimum Gasteiger partial charge on any atom is -0.376 e. The molecule has 8 heteroatoms. The molecule has 1 aliphatic rings. The quantitative estimate of drug-likeness (QED) is 0.108. The van der Waals surface area contributed by atoms with Crippen LogP contribution in [0.2, 0.25) is 5.02 Å². The summed E-state index contributed by atoms with van der Waals surface area (Å²) in [5.41, 5.74) is 1.59. The standard InChI is InChI=1S/C12H18N2O.C11H10ClFN2O.C2H6/c1-3-15-10-9-14-12(13-2)11-7-5-4-6-8-11;1-2-14-15(6-3-7-16)9-4-5-10(12)11(13)8-9;1-2/h5,7-9H,3-4,6,10H2,1-2H3;2-8H,1H3;1-2H3/b;6-3-,14-2+;. The van der Waals surface area contributed by atoms with E-state index in [9.17, 15) is 9.18 Å². The molecule has 0 aromatic heterocycles. The highest BCUT2D eigenvalue weighted by Crippen LogP contribution is 2.22. The van der Waals surface area contributed by atoms with Gasteiger partial charge in [0.05, 0.1) is 17.3 Å². The Morgan fingerprint density at radius 1 is 1.30 bits per heavy atom. The third kappa shape index (κ3) is 12.7. The number of amidine groups is 1. The highest BCUT2D eigenvalue weighted by atomic mass is 35.5. The molecule has 0 N–H and O–H groups in total. The second-order valence-corrected chi connectivity index (χ2v) is 6.36. The Morgan fingerprint density at radius 2 is 2.06 bits per heavy atom. The highest BCUT2D eigenvalue weighted by molar-refractivity contribution is 6.30. The predicted octanol–water partition coefficient (Wildman–Crippen LogP) is 6.43. The average molecular weight is 477 g/mol. The first-order valence-electron chi connectivity index (χ1n) is 10.9. The van der Waals surface area contributed by atoms with Crippen LogP contribution in [0.25, 0.3) is 0 Å². The summed E-state index contributed by atoms with van der Waals surface area (Å²) < 4.78 is 18.4. The van der Waals surface area contributed by atoms with Gasteiger partial charge in [0.15, 0.2) is 5.84 Å². The molecule has 0 atom stereocenters. The second-order valence-electron chi connectivity index (χ2n) is 5.95. The molecule has 0 saturated carbocycles. The topological polar surface area (TPSA) is 66.6 Å². The van der Waals surface area contributed by atoms with Crippen LogP contribution in [0.4, 0.5) is 10.1 Å². The number of hydrazone groups is 1. The summed E-state index contributed by atoms with van der Waals surface area (Å²) >= 11 is 5.56. The Bertz CT molecular complexity index is 877. The highest BCUT2D eigenvalue weighted by Gasteiger charge is 2.05. The smallest absolute Gasteiger partial charge is 0.153 e. The van der Waals surface area contributed by atoms with Gasteiger partial charge >= 0.3 is 0 Å². The van der Waals surface area contributed by atoms with Crippen LogP contribution in [0.3, 0.4) is 0 Å². The number of aldehydes is 1. The molecule has 1 aliphatic carbocycles. The van der Waals surface area contributed by atoms with Crippen LogP contribution in [0.1, 0.15) is 40.5 Å². The van der Waals surface area contributed by atoms with Gasteiger partial charge in [-0.05, 0) is 44.9 Å². The maximum Gasteiger partial charge on any atom is 0.153 e. The van der Waals surface area contributed by atoms with Gasteiger partial charge in [-0.3, -0.25) is 9.79 Å². The molecular weight excluding hydrogens is 443 g/mol. The maximum atomic E-state index is 13.2. The van der Waals surface area contributed by atoms with E-state index in [4.69, 9.17) is 16.3 Å². The monoisotopic (exact) mass is 476 g/mol. The lowest BCUT2D eigenvalue weighted by molar-refractivity contribution is -0.104. The van der Waals surface area contributed by atoms with E-state index in [2.05, 4.69) is 33.3 Å². The van der Waals surface area contributed by atoms with Crippen molar-refractivity contribution < 1.29 is 13.9 Å². The van der Waals surface area contributed by atoms with Crippen molar-refractivity contribution in [2.75, 3.05) is 25.3 Å². The van der Waals surface area contributed by atoms with Gasteiger partial charge in [0.2, 0.25) is 0 Å². The van der Waals surface area contributed by atoms with Crippen molar-refractivity contribution in [3.05, 3.63) is 65.1 Å². The number of benzene rings is 1. The number of hydrogen-bond acceptors (Lipinski definition) is 5. The van der Waals surface area contributed by atoms with E-state index in [1.165, 1.54) is 35.6 Å². The van der Waals surface area contributed by atoms with Crippen molar-refractivity contribution >= 4 is 41.8 Å². The van der Waals surface area contributed by atoms with Gasteiger partial charge in [-0.2, -0.15) is 5.10 Å². The van der Waals surface area contributed by atoms with Crippen LogP contribution in [-0.2, 0) is 9.53 Å². The Morgan fingerprint density at radius 3 is 2.61 bits per heavy atom. The fourth-order valence-electron chi connectivity index (χ4n) is 2.39. The van der Waals surface area contributed by atoms with Crippen LogP contribution >= 0.6 is 11.6 Å². The van der Waals surface area contributed by atoms with E-state index in [1.54, 1.807) is 26.3 Å². The van der Waals surface area contributed by atoms with Crippen molar-refractivity contribution in [3.8, 4) is 0 Å². The summed E-state index contributed by atoms with van der Waals surface area (Å²) in [6.45, 7) is 8.95.